The first kappa shape index (κ1) is 18.7. The van der Waals surface area contributed by atoms with Crippen molar-refractivity contribution in [2.24, 2.45) is 0 Å². The summed E-state index contributed by atoms with van der Waals surface area (Å²) in [6.07, 6.45) is 2.38. The van der Waals surface area contributed by atoms with Crippen molar-refractivity contribution in [2.45, 2.75) is 13.0 Å². The Labute approximate surface area is 150 Å². The summed E-state index contributed by atoms with van der Waals surface area (Å²) < 4.78 is 18.2. The van der Waals surface area contributed by atoms with Crippen LogP contribution in [0, 0.1) is 5.82 Å². The van der Waals surface area contributed by atoms with Crippen LogP contribution in [0.3, 0.4) is 0 Å². The second-order valence-electron chi connectivity index (χ2n) is 5.30. The van der Waals surface area contributed by atoms with Gasteiger partial charge >= 0.3 is 5.97 Å². The number of nitrogens with one attached hydrogen (secondary N) is 1. The number of rotatable bonds is 6. The Morgan fingerprint density at radius 3 is 2.56 bits per heavy atom. The minimum atomic E-state index is -0.724. The van der Waals surface area contributed by atoms with Crippen molar-refractivity contribution < 1.29 is 18.7 Å². The van der Waals surface area contributed by atoms with Gasteiger partial charge in [0.2, 0.25) is 0 Å². The van der Waals surface area contributed by atoms with E-state index >= 15 is 0 Å². The van der Waals surface area contributed by atoms with Gasteiger partial charge in [0.1, 0.15) is 5.82 Å². The first-order chi connectivity index (χ1) is 12.0. The van der Waals surface area contributed by atoms with E-state index in [1.807, 2.05) is 0 Å². The van der Waals surface area contributed by atoms with Crippen LogP contribution in [0.4, 0.5) is 4.39 Å². The van der Waals surface area contributed by atoms with E-state index < -0.39 is 24.3 Å². The fourth-order valence-electron chi connectivity index (χ4n) is 2.07. The highest BCUT2D eigenvalue weighted by atomic mass is 35.5. The van der Waals surface area contributed by atoms with Gasteiger partial charge in [0.15, 0.2) is 6.61 Å². The molecule has 0 aliphatic rings. The van der Waals surface area contributed by atoms with Gasteiger partial charge in [-0.1, -0.05) is 41.9 Å². The maximum Gasteiger partial charge on any atom is 0.331 e. The highest BCUT2D eigenvalue weighted by molar-refractivity contribution is 6.30. The zero-order chi connectivity index (χ0) is 18.2. The van der Waals surface area contributed by atoms with Crippen LogP contribution in [-0.4, -0.2) is 18.5 Å². The molecular weight excluding hydrogens is 345 g/mol. The van der Waals surface area contributed by atoms with Crippen molar-refractivity contribution in [1.29, 1.82) is 0 Å². The normalized spacial score (nSPS) is 12.0. The average Bonchev–Trinajstić information content (AvgIpc) is 2.59. The van der Waals surface area contributed by atoms with Gasteiger partial charge in [0, 0.05) is 16.7 Å². The molecule has 2 aromatic rings. The largest absolute Gasteiger partial charge is 0.452 e. The lowest BCUT2D eigenvalue weighted by Crippen LogP contribution is -2.30. The van der Waals surface area contributed by atoms with Gasteiger partial charge < -0.3 is 10.1 Å². The molecule has 25 heavy (non-hydrogen) atoms. The number of ether oxygens (including phenoxy) is 1. The van der Waals surface area contributed by atoms with Gasteiger partial charge in [-0.3, -0.25) is 4.79 Å². The second kappa shape index (κ2) is 8.99. The van der Waals surface area contributed by atoms with Crippen molar-refractivity contribution in [3.8, 4) is 0 Å². The van der Waals surface area contributed by atoms with Crippen LogP contribution in [0.2, 0.25) is 5.02 Å². The van der Waals surface area contributed by atoms with Gasteiger partial charge in [-0.15, -0.1) is 0 Å². The Morgan fingerprint density at radius 2 is 1.88 bits per heavy atom. The molecule has 0 saturated carbocycles. The van der Waals surface area contributed by atoms with Crippen LogP contribution < -0.4 is 5.32 Å². The number of carbonyl (C=O) groups excluding carboxylic acids is 2. The molecule has 2 aromatic carbocycles. The minimum absolute atomic E-state index is 0.252. The molecule has 130 valence electrons. The lowest BCUT2D eigenvalue weighted by molar-refractivity contribution is -0.144. The Balaban J connectivity index is 1.80. The van der Waals surface area contributed by atoms with Crippen molar-refractivity contribution in [3.05, 3.63) is 76.6 Å². The second-order valence-corrected chi connectivity index (χ2v) is 5.74. The Morgan fingerprint density at radius 1 is 1.20 bits per heavy atom. The lowest BCUT2D eigenvalue weighted by atomic mass is 10.1. The molecule has 1 atom stereocenters. The van der Waals surface area contributed by atoms with Crippen molar-refractivity contribution >= 4 is 29.6 Å². The van der Waals surface area contributed by atoms with Gasteiger partial charge in [-0.2, -0.15) is 0 Å². The van der Waals surface area contributed by atoms with Crippen LogP contribution in [0.1, 0.15) is 24.1 Å². The summed E-state index contributed by atoms with van der Waals surface area (Å²) in [4.78, 5) is 23.4. The standard InChI is InChI=1S/C19H17ClFNO3/c1-13(14-6-9-16(20)10-7-14)22-18(23)12-25-19(24)11-8-15-4-2-3-5-17(15)21/h2-11,13H,12H2,1H3,(H,22,23)/b11-8+/t13-/m0/s1. The van der Waals surface area contributed by atoms with Gasteiger partial charge in [-0.05, 0) is 36.8 Å². The molecule has 2 rings (SSSR count). The third kappa shape index (κ3) is 6.04. The minimum Gasteiger partial charge on any atom is -0.452 e. The van der Waals surface area contributed by atoms with Crippen LogP contribution in [0.15, 0.2) is 54.6 Å². The lowest BCUT2D eigenvalue weighted by Gasteiger charge is -2.14. The summed E-state index contributed by atoms with van der Waals surface area (Å²) in [5, 5.41) is 3.32. The summed E-state index contributed by atoms with van der Waals surface area (Å²) in [5.74, 6) is -1.60. The molecule has 6 heteroatoms. The molecule has 0 aliphatic carbocycles. The molecule has 0 saturated heterocycles. The van der Waals surface area contributed by atoms with E-state index in [1.165, 1.54) is 18.2 Å². The molecule has 4 nitrogen and oxygen atoms in total. The highest BCUT2D eigenvalue weighted by Gasteiger charge is 2.11. The average molecular weight is 362 g/mol. The zero-order valence-electron chi connectivity index (χ0n) is 13.5. The summed E-state index contributed by atoms with van der Waals surface area (Å²) in [6.45, 7) is 1.39. The van der Waals surface area contributed by atoms with Crippen molar-refractivity contribution in [1.82, 2.24) is 5.32 Å². The topological polar surface area (TPSA) is 55.4 Å². The maximum absolute atomic E-state index is 13.4. The molecule has 0 radical (unpaired) electrons. The van der Waals surface area contributed by atoms with Crippen LogP contribution in [0.5, 0.6) is 0 Å². The van der Waals surface area contributed by atoms with Gasteiger partial charge in [0.05, 0.1) is 6.04 Å². The number of carbonyl (C=O) groups is 2. The van der Waals surface area contributed by atoms with E-state index in [-0.39, 0.29) is 11.6 Å². The third-order valence-electron chi connectivity index (χ3n) is 3.40. The van der Waals surface area contributed by atoms with E-state index in [0.29, 0.717) is 5.02 Å². The fraction of sp³-hybridized carbons (Fsp3) is 0.158. The van der Waals surface area contributed by atoms with Crippen LogP contribution >= 0.6 is 11.6 Å². The predicted octanol–water partition coefficient (Wildman–Crippen LogP) is 3.91. The Bertz CT molecular complexity index is 774. The molecule has 1 N–H and O–H groups in total. The number of hydrogen-bond acceptors (Lipinski definition) is 3. The zero-order valence-corrected chi connectivity index (χ0v) is 14.3. The van der Waals surface area contributed by atoms with E-state index in [2.05, 4.69) is 5.32 Å². The maximum atomic E-state index is 13.4. The first-order valence-corrected chi connectivity index (χ1v) is 7.97. The van der Waals surface area contributed by atoms with Crippen LogP contribution in [-0.2, 0) is 14.3 Å². The Kier molecular flexibility index (Phi) is 6.71. The van der Waals surface area contributed by atoms with E-state index in [4.69, 9.17) is 16.3 Å². The summed E-state index contributed by atoms with van der Waals surface area (Å²) in [6, 6.07) is 12.8. The fourth-order valence-corrected chi connectivity index (χ4v) is 2.20. The third-order valence-corrected chi connectivity index (χ3v) is 3.65. The van der Waals surface area contributed by atoms with Crippen molar-refractivity contribution in [3.63, 3.8) is 0 Å². The van der Waals surface area contributed by atoms with Gasteiger partial charge in [-0.25, -0.2) is 9.18 Å². The summed E-state index contributed by atoms with van der Waals surface area (Å²) >= 11 is 5.82. The predicted molar refractivity (Wildman–Crippen MR) is 94.4 cm³/mol. The highest BCUT2D eigenvalue weighted by Crippen LogP contribution is 2.15. The molecule has 1 amide bonds. The first-order valence-electron chi connectivity index (χ1n) is 7.60. The van der Waals surface area contributed by atoms with E-state index in [0.717, 1.165) is 11.6 Å². The molecule has 0 unspecified atom stereocenters. The molecule has 0 fully saturated rings. The van der Waals surface area contributed by atoms with E-state index in [9.17, 15) is 14.0 Å². The van der Waals surface area contributed by atoms with Crippen LogP contribution in [0.25, 0.3) is 6.08 Å². The van der Waals surface area contributed by atoms with E-state index in [1.54, 1.807) is 43.3 Å². The molecule has 0 aliphatic heterocycles. The van der Waals surface area contributed by atoms with Gasteiger partial charge in [0.25, 0.3) is 5.91 Å². The molecular formula is C19H17ClFNO3. The number of benzene rings is 2. The Hall–Kier alpha value is -2.66. The molecule has 0 spiro atoms. The number of halogens is 2. The number of amides is 1. The number of esters is 1. The summed E-state index contributed by atoms with van der Waals surface area (Å²) in [7, 11) is 0. The monoisotopic (exact) mass is 361 g/mol. The molecule has 0 bridgehead atoms. The van der Waals surface area contributed by atoms with Crippen molar-refractivity contribution in [2.75, 3.05) is 6.61 Å². The quantitative estimate of drug-likeness (QED) is 0.627. The summed E-state index contributed by atoms with van der Waals surface area (Å²) in [5.41, 5.74) is 1.14. The molecule has 0 aromatic heterocycles. The SMILES string of the molecule is C[C@H](NC(=O)COC(=O)/C=C/c1ccccc1F)c1ccc(Cl)cc1. The molecule has 0 heterocycles. The smallest absolute Gasteiger partial charge is 0.331 e. The number of hydrogen-bond donors (Lipinski definition) is 1.